The lowest BCUT2D eigenvalue weighted by Gasteiger charge is -2.58. The summed E-state index contributed by atoms with van der Waals surface area (Å²) in [5.74, 6) is 5.30. The van der Waals surface area contributed by atoms with Gasteiger partial charge < -0.3 is 10.1 Å². The van der Waals surface area contributed by atoms with Gasteiger partial charge in [0.25, 0.3) is 0 Å². The van der Waals surface area contributed by atoms with E-state index < -0.39 is 0 Å². The van der Waals surface area contributed by atoms with Gasteiger partial charge in [-0.2, -0.15) is 0 Å². The standard InChI is InChI=1S/C24H31NO/c1-22-7-5-15-16-4-3-14(25)11-19(16)23(8-9-23)13-18(15)21(22)17-12-20(17)24(22)6-2-10-26-24/h2,6,11,15-18,20-21,25H,3-5,7-10,12-13H2,1H3/t15?,16-,17?,18?,20?,21?,22+,24+/m1/s1. The zero-order valence-corrected chi connectivity index (χ0v) is 16.0. The molecule has 26 heavy (non-hydrogen) atoms. The van der Waals surface area contributed by atoms with Crippen LogP contribution < -0.4 is 0 Å². The number of rotatable bonds is 0. The molecule has 5 unspecified atom stereocenters. The van der Waals surface area contributed by atoms with Gasteiger partial charge in [0.2, 0.25) is 0 Å². The highest BCUT2D eigenvalue weighted by Crippen LogP contribution is 2.79. The lowest BCUT2D eigenvalue weighted by atomic mass is 9.47. The number of fused-ring (bicyclic) bond motifs is 10. The molecule has 8 atom stereocenters. The van der Waals surface area contributed by atoms with Crippen LogP contribution in [-0.4, -0.2) is 17.9 Å². The molecule has 1 aliphatic heterocycles. The van der Waals surface area contributed by atoms with Gasteiger partial charge in [-0.1, -0.05) is 24.6 Å². The molecule has 0 radical (unpaired) electrons. The maximum absolute atomic E-state index is 8.24. The fraction of sp³-hybridized carbons (Fsp3) is 0.792. The molecule has 2 spiro atoms. The third-order valence-corrected chi connectivity index (χ3v) is 10.3. The second-order valence-electron chi connectivity index (χ2n) is 11.1. The first-order valence-corrected chi connectivity index (χ1v) is 11.2. The molecule has 1 heterocycles. The van der Waals surface area contributed by atoms with Gasteiger partial charge in [-0.15, -0.1) is 0 Å². The van der Waals surface area contributed by atoms with Crippen LogP contribution >= 0.6 is 0 Å². The van der Waals surface area contributed by atoms with Crippen LogP contribution in [0.25, 0.3) is 0 Å². The Morgan fingerprint density at radius 1 is 1.12 bits per heavy atom. The molecule has 0 saturated heterocycles. The smallest absolute Gasteiger partial charge is 0.0954 e. The van der Waals surface area contributed by atoms with E-state index in [1.807, 2.05) is 0 Å². The van der Waals surface area contributed by atoms with Gasteiger partial charge in [-0.25, -0.2) is 0 Å². The molecule has 0 aromatic rings. The highest BCUT2D eigenvalue weighted by molar-refractivity contribution is 5.94. The predicted octanol–water partition coefficient (Wildman–Crippen LogP) is 5.15. The Hall–Kier alpha value is -0.890. The van der Waals surface area contributed by atoms with Gasteiger partial charge in [-0.3, -0.25) is 0 Å². The van der Waals surface area contributed by atoms with E-state index in [1.165, 1.54) is 44.9 Å². The molecule has 7 rings (SSSR count). The van der Waals surface area contributed by atoms with Crippen molar-refractivity contribution in [1.82, 2.24) is 0 Å². The molecule has 6 aliphatic carbocycles. The van der Waals surface area contributed by atoms with Gasteiger partial charge >= 0.3 is 0 Å². The van der Waals surface area contributed by atoms with Crippen LogP contribution in [0, 0.1) is 51.7 Å². The number of ether oxygens (including phenoxy) is 1. The number of hydrogen-bond acceptors (Lipinski definition) is 2. The van der Waals surface area contributed by atoms with E-state index in [0.29, 0.717) is 10.8 Å². The summed E-state index contributed by atoms with van der Waals surface area (Å²) in [6, 6.07) is 0. The van der Waals surface area contributed by atoms with Crippen molar-refractivity contribution in [3.63, 3.8) is 0 Å². The summed E-state index contributed by atoms with van der Waals surface area (Å²) in [5.41, 5.74) is 3.63. The van der Waals surface area contributed by atoms with Crippen molar-refractivity contribution in [2.24, 2.45) is 46.3 Å². The Morgan fingerprint density at radius 3 is 2.77 bits per heavy atom. The van der Waals surface area contributed by atoms with Crippen LogP contribution in [0.1, 0.15) is 58.3 Å². The summed E-state index contributed by atoms with van der Waals surface area (Å²) in [4.78, 5) is 0. The maximum atomic E-state index is 8.24. The molecule has 0 amide bonds. The lowest BCUT2D eigenvalue weighted by molar-refractivity contribution is -0.134. The van der Waals surface area contributed by atoms with E-state index in [9.17, 15) is 0 Å². The number of allylic oxidation sites excluding steroid dienone is 2. The minimum Gasteiger partial charge on any atom is -0.366 e. The summed E-state index contributed by atoms with van der Waals surface area (Å²) in [5, 5.41) is 8.24. The first-order valence-electron chi connectivity index (χ1n) is 11.2. The maximum Gasteiger partial charge on any atom is 0.0954 e. The third-order valence-electron chi connectivity index (χ3n) is 10.3. The summed E-state index contributed by atoms with van der Waals surface area (Å²) in [6.07, 6.45) is 17.9. The first kappa shape index (κ1) is 15.1. The Labute approximate surface area is 157 Å². The molecule has 1 N–H and O–H groups in total. The molecule has 0 aromatic carbocycles. The zero-order valence-electron chi connectivity index (χ0n) is 16.0. The predicted molar refractivity (Wildman–Crippen MR) is 102 cm³/mol. The second kappa shape index (κ2) is 4.40. The summed E-state index contributed by atoms with van der Waals surface area (Å²) in [7, 11) is 0. The average molecular weight is 350 g/mol. The van der Waals surface area contributed by atoms with E-state index in [-0.39, 0.29) is 5.60 Å². The Kier molecular flexibility index (Phi) is 2.55. The Bertz CT molecular complexity index is 775. The van der Waals surface area contributed by atoms with Crippen molar-refractivity contribution >= 4 is 5.71 Å². The van der Waals surface area contributed by atoms with Gasteiger partial charge in [0.15, 0.2) is 0 Å². The van der Waals surface area contributed by atoms with Crippen LogP contribution in [0.2, 0.25) is 0 Å². The van der Waals surface area contributed by atoms with Gasteiger partial charge in [0.05, 0.1) is 12.2 Å². The summed E-state index contributed by atoms with van der Waals surface area (Å²) >= 11 is 0. The fourth-order valence-corrected chi connectivity index (χ4v) is 9.22. The zero-order chi connectivity index (χ0) is 17.3. The Balaban J connectivity index is 1.32. The van der Waals surface area contributed by atoms with E-state index in [2.05, 4.69) is 25.2 Å². The van der Waals surface area contributed by atoms with Gasteiger partial charge in [0, 0.05) is 11.1 Å². The second-order valence-corrected chi connectivity index (χ2v) is 11.1. The largest absolute Gasteiger partial charge is 0.366 e. The highest BCUT2D eigenvalue weighted by atomic mass is 16.5. The molecular formula is C24H31NO. The van der Waals surface area contributed by atoms with Crippen LogP contribution in [0.15, 0.2) is 23.8 Å². The van der Waals surface area contributed by atoms with Gasteiger partial charge in [0.1, 0.15) is 0 Å². The SMILES string of the molecule is C[C@]12CCC3C(CC4(CC4)C4=CC(=N)CC[C@@H]43)C1C1CC1[C@@]21C=CCO1. The monoisotopic (exact) mass is 349 g/mol. The third kappa shape index (κ3) is 1.52. The van der Waals surface area contributed by atoms with E-state index in [0.717, 1.165) is 54.2 Å². The summed E-state index contributed by atoms with van der Waals surface area (Å²) < 4.78 is 6.55. The molecule has 2 heteroatoms. The van der Waals surface area contributed by atoms with Crippen molar-refractivity contribution in [3.05, 3.63) is 23.8 Å². The highest BCUT2D eigenvalue weighted by Gasteiger charge is 2.77. The van der Waals surface area contributed by atoms with E-state index in [4.69, 9.17) is 10.1 Å². The molecular weight excluding hydrogens is 318 g/mol. The van der Waals surface area contributed by atoms with Crippen molar-refractivity contribution in [1.29, 1.82) is 5.41 Å². The van der Waals surface area contributed by atoms with Crippen LogP contribution in [0.5, 0.6) is 0 Å². The topological polar surface area (TPSA) is 33.1 Å². The van der Waals surface area contributed by atoms with Crippen LogP contribution in [0.3, 0.4) is 0 Å². The summed E-state index contributed by atoms with van der Waals surface area (Å²) in [6.45, 7) is 3.46. The van der Waals surface area contributed by atoms with Crippen molar-refractivity contribution in [2.75, 3.05) is 6.61 Å². The quantitative estimate of drug-likeness (QED) is 0.603. The van der Waals surface area contributed by atoms with E-state index >= 15 is 0 Å². The normalized spacial score (nSPS) is 57.4. The van der Waals surface area contributed by atoms with Crippen molar-refractivity contribution in [2.45, 2.75) is 63.9 Å². The van der Waals surface area contributed by atoms with Crippen molar-refractivity contribution in [3.8, 4) is 0 Å². The Morgan fingerprint density at radius 2 is 2.00 bits per heavy atom. The average Bonchev–Trinajstić information content (AvgIpc) is 3.52. The minimum atomic E-state index is 0.0921. The first-order chi connectivity index (χ1) is 12.6. The number of nitrogens with one attached hydrogen (secondary N) is 1. The molecule has 5 fully saturated rings. The minimum absolute atomic E-state index is 0.0921. The molecule has 0 aromatic heterocycles. The van der Waals surface area contributed by atoms with Crippen LogP contribution in [-0.2, 0) is 4.74 Å². The molecule has 138 valence electrons. The van der Waals surface area contributed by atoms with Crippen molar-refractivity contribution < 1.29 is 4.74 Å². The molecule has 0 bridgehead atoms. The van der Waals surface area contributed by atoms with E-state index in [1.54, 1.807) is 5.57 Å². The molecule has 2 nitrogen and oxygen atoms in total. The lowest BCUT2D eigenvalue weighted by Crippen LogP contribution is -2.55. The molecule has 7 aliphatic rings. The van der Waals surface area contributed by atoms with Gasteiger partial charge in [-0.05, 0) is 98.4 Å². The fourth-order valence-electron chi connectivity index (χ4n) is 9.22. The van der Waals surface area contributed by atoms with Crippen LogP contribution in [0.4, 0.5) is 0 Å². The number of hydrogen-bond donors (Lipinski definition) is 1. The molecule has 5 saturated carbocycles.